The predicted octanol–water partition coefficient (Wildman–Crippen LogP) is 2.47. The summed E-state index contributed by atoms with van der Waals surface area (Å²) < 4.78 is 66.6. The van der Waals surface area contributed by atoms with E-state index < -0.39 is 38.9 Å². The Morgan fingerprint density at radius 3 is 2.20 bits per heavy atom. The third-order valence-electron chi connectivity index (χ3n) is 3.54. The fraction of sp³-hybridized carbons (Fsp3) is 0.133. The van der Waals surface area contributed by atoms with Crippen LogP contribution in [-0.4, -0.2) is 24.5 Å². The molecule has 132 valence electrons. The van der Waals surface area contributed by atoms with Crippen LogP contribution in [0, 0.1) is 0 Å². The molecule has 1 heterocycles. The van der Waals surface area contributed by atoms with Crippen LogP contribution in [0.25, 0.3) is 0 Å². The van der Waals surface area contributed by atoms with Gasteiger partial charge in [-0.1, -0.05) is 18.2 Å². The summed E-state index contributed by atoms with van der Waals surface area (Å²) in [5, 5.41) is 10.3. The van der Waals surface area contributed by atoms with Gasteiger partial charge in [0.15, 0.2) is 6.23 Å². The van der Waals surface area contributed by atoms with E-state index in [0.29, 0.717) is 24.3 Å². The number of alkyl halides is 3. The number of halogens is 3. The van der Waals surface area contributed by atoms with Crippen LogP contribution in [0.1, 0.15) is 27.7 Å². The van der Waals surface area contributed by atoms with Crippen molar-refractivity contribution < 1.29 is 35.8 Å². The number of nitrogens with zero attached hydrogens (tertiary/aromatic N) is 1. The van der Waals surface area contributed by atoms with Gasteiger partial charge in [-0.05, 0) is 30.3 Å². The number of carbonyl (C=O) groups excluding carboxylic acids is 1. The summed E-state index contributed by atoms with van der Waals surface area (Å²) in [5.41, 5.74) is -0.802. The average molecular weight is 373 g/mol. The third-order valence-corrected chi connectivity index (χ3v) is 4.75. The fourth-order valence-electron chi connectivity index (χ4n) is 2.31. The largest absolute Gasteiger partial charge is 0.416 e. The Morgan fingerprint density at radius 1 is 1.04 bits per heavy atom. The molecule has 6 nitrogen and oxygen atoms in total. The number of hydrogen-bond acceptors (Lipinski definition) is 5. The van der Waals surface area contributed by atoms with E-state index in [1.165, 1.54) is 18.2 Å². The standard InChI is InChI=1S/C15H10F3NO5S/c16-15(17,18)9-5-7-10(8-6-9)25(22,23)24-19-13(20)11-3-1-2-4-12(11)14(19)21/h1-8,13,20H. The second kappa shape index (κ2) is 5.83. The number of amides is 1. The van der Waals surface area contributed by atoms with Crippen LogP contribution in [0.2, 0.25) is 0 Å². The topological polar surface area (TPSA) is 83.9 Å². The first kappa shape index (κ1) is 17.4. The molecule has 2 aromatic rings. The van der Waals surface area contributed by atoms with E-state index in [2.05, 4.69) is 4.28 Å². The smallest absolute Gasteiger partial charge is 0.367 e. The van der Waals surface area contributed by atoms with Gasteiger partial charge in [-0.25, -0.2) is 0 Å². The summed E-state index contributed by atoms with van der Waals surface area (Å²) in [5.74, 6) is -0.876. The average Bonchev–Trinajstić information content (AvgIpc) is 2.79. The molecule has 0 saturated heterocycles. The van der Waals surface area contributed by atoms with Gasteiger partial charge in [-0.15, -0.1) is 4.28 Å². The van der Waals surface area contributed by atoms with Crippen LogP contribution in [-0.2, 0) is 20.6 Å². The Bertz CT molecular complexity index is 925. The van der Waals surface area contributed by atoms with Crippen molar-refractivity contribution in [2.24, 2.45) is 0 Å². The van der Waals surface area contributed by atoms with Crippen molar-refractivity contribution in [1.29, 1.82) is 0 Å². The third kappa shape index (κ3) is 3.11. The lowest BCUT2D eigenvalue weighted by molar-refractivity contribution is -0.137. The fourth-order valence-corrected chi connectivity index (χ4v) is 3.22. The molecule has 0 radical (unpaired) electrons. The zero-order chi connectivity index (χ0) is 18.4. The summed E-state index contributed by atoms with van der Waals surface area (Å²) >= 11 is 0. The highest BCUT2D eigenvalue weighted by Crippen LogP contribution is 2.34. The highest BCUT2D eigenvalue weighted by Gasteiger charge is 2.40. The minimum atomic E-state index is -4.62. The molecule has 0 bridgehead atoms. The first-order valence-corrected chi connectivity index (χ1v) is 8.24. The number of aliphatic hydroxyl groups excluding tert-OH is 1. The van der Waals surface area contributed by atoms with Gasteiger partial charge in [0.2, 0.25) is 0 Å². The van der Waals surface area contributed by atoms with E-state index in [1.807, 2.05) is 0 Å². The van der Waals surface area contributed by atoms with Crippen molar-refractivity contribution >= 4 is 16.0 Å². The number of rotatable bonds is 3. The van der Waals surface area contributed by atoms with E-state index in [9.17, 15) is 31.5 Å². The second-order valence-corrected chi connectivity index (χ2v) is 6.67. The number of hydroxylamine groups is 2. The molecule has 1 amide bonds. The summed E-state index contributed by atoms with van der Waals surface area (Å²) in [6, 6.07) is 8.44. The van der Waals surface area contributed by atoms with Crippen molar-refractivity contribution in [3.8, 4) is 0 Å². The summed E-state index contributed by atoms with van der Waals surface area (Å²) in [6.45, 7) is 0. The summed E-state index contributed by atoms with van der Waals surface area (Å²) in [4.78, 5) is 11.5. The van der Waals surface area contributed by atoms with Gasteiger partial charge in [0.05, 0.1) is 10.5 Å². The van der Waals surface area contributed by atoms with Gasteiger partial charge < -0.3 is 5.11 Å². The summed E-state index contributed by atoms with van der Waals surface area (Å²) in [7, 11) is -4.61. The van der Waals surface area contributed by atoms with Crippen LogP contribution < -0.4 is 0 Å². The van der Waals surface area contributed by atoms with Crippen molar-refractivity contribution in [2.75, 3.05) is 0 Å². The van der Waals surface area contributed by atoms with Crippen LogP contribution in [0.15, 0.2) is 53.4 Å². The van der Waals surface area contributed by atoms with Crippen molar-refractivity contribution in [2.45, 2.75) is 17.3 Å². The SMILES string of the molecule is O=C1c2ccccc2C(O)N1OS(=O)(=O)c1ccc(C(F)(F)F)cc1. The van der Waals surface area contributed by atoms with E-state index in [-0.39, 0.29) is 16.2 Å². The number of hydrogen-bond donors (Lipinski definition) is 1. The van der Waals surface area contributed by atoms with Gasteiger partial charge in [0, 0.05) is 11.1 Å². The van der Waals surface area contributed by atoms with E-state index in [1.54, 1.807) is 6.07 Å². The Morgan fingerprint density at radius 2 is 1.64 bits per heavy atom. The second-order valence-electron chi connectivity index (χ2n) is 5.14. The molecule has 0 fully saturated rings. The Hall–Kier alpha value is -2.43. The number of benzene rings is 2. The maximum Gasteiger partial charge on any atom is 0.416 e. The lowest BCUT2D eigenvalue weighted by Crippen LogP contribution is -2.31. The molecule has 0 spiro atoms. The molecule has 25 heavy (non-hydrogen) atoms. The molecule has 1 aliphatic rings. The van der Waals surface area contributed by atoms with Gasteiger partial charge in [0.25, 0.3) is 5.91 Å². The molecule has 3 rings (SSSR count). The lowest BCUT2D eigenvalue weighted by atomic mass is 10.1. The van der Waals surface area contributed by atoms with Crippen molar-refractivity contribution in [3.63, 3.8) is 0 Å². The highest BCUT2D eigenvalue weighted by atomic mass is 32.2. The Balaban J connectivity index is 1.87. The van der Waals surface area contributed by atoms with Crippen LogP contribution in [0.4, 0.5) is 13.2 Å². The molecule has 1 aliphatic heterocycles. The first-order chi connectivity index (χ1) is 11.6. The van der Waals surface area contributed by atoms with Crippen LogP contribution >= 0.6 is 0 Å². The van der Waals surface area contributed by atoms with Gasteiger partial charge >= 0.3 is 16.3 Å². The molecular weight excluding hydrogens is 363 g/mol. The zero-order valence-corrected chi connectivity index (χ0v) is 13.1. The zero-order valence-electron chi connectivity index (χ0n) is 12.3. The van der Waals surface area contributed by atoms with Crippen molar-refractivity contribution in [3.05, 3.63) is 65.2 Å². The number of aliphatic hydroxyl groups is 1. The van der Waals surface area contributed by atoms with E-state index in [0.717, 1.165) is 0 Å². The molecule has 1 atom stereocenters. The maximum atomic E-state index is 12.5. The number of fused-ring (bicyclic) bond motifs is 1. The molecule has 0 aromatic heterocycles. The van der Waals surface area contributed by atoms with Crippen LogP contribution in [0.3, 0.4) is 0 Å². The molecule has 0 saturated carbocycles. The van der Waals surface area contributed by atoms with E-state index >= 15 is 0 Å². The molecular formula is C15H10F3NO5S. The van der Waals surface area contributed by atoms with Gasteiger partial charge in [-0.2, -0.15) is 26.7 Å². The molecule has 1 N–H and O–H groups in total. The summed E-state index contributed by atoms with van der Waals surface area (Å²) in [6.07, 6.45) is -6.26. The molecule has 1 unspecified atom stereocenters. The van der Waals surface area contributed by atoms with E-state index in [4.69, 9.17) is 0 Å². The minimum Gasteiger partial charge on any atom is -0.367 e. The van der Waals surface area contributed by atoms with Gasteiger partial charge in [-0.3, -0.25) is 4.79 Å². The Labute approximate surface area is 140 Å². The molecule has 2 aromatic carbocycles. The molecule has 0 aliphatic carbocycles. The number of carbonyl (C=O) groups is 1. The normalized spacial score (nSPS) is 17.7. The quantitative estimate of drug-likeness (QED) is 0.894. The maximum absolute atomic E-state index is 12.5. The molecule has 10 heteroatoms. The Kier molecular flexibility index (Phi) is 4.06. The highest BCUT2D eigenvalue weighted by molar-refractivity contribution is 7.86. The minimum absolute atomic E-state index is 0.0672. The van der Waals surface area contributed by atoms with Gasteiger partial charge in [0.1, 0.15) is 0 Å². The predicted molar refractivity (Wildman–Crippen MR) is 77.3 cm³/mol. The van der Waals surface area contributed by atoms with Crippen LogP contribution in [0.5, 0.6) is 0 Å². The monoisotopic (exact) mass is 373 g/mol. The first-order valence-electron chi connectivity index (χ1n) is 6.84. The lowest BCUT2D eigenvalue weighted by Gasteiger charge is -2.19. The van der Waals surface area contributed by atoms with Crippen molar-refractivity contribution in [1.82, 2.24) is 5.06 Å².